The Morgan fingerprint density at radius 1 is 1.56 bits per heavy atom. The van der Waals surface area contributed by atoms with Crippen molar-refractivity contribution in [3.05, 3.63) is 35.6 Å². The number of aliphatic hydroxyl groups excluding tert-OH is 1. The molecule has 4 nitrogen and oxygen atoms in total. The summed E-state index contributed by atoms with van der Waals surface area (Å²) in [7, 11) is -3.48. The monoisotopic (exact) mass is 269 g/mol. The highest BCUT2D eigenvalue weighted by atomic mass is 32.2. The first-order chi connectivity index (χ1) is 8.36. The highest BCUT2D eigenvalue weighted by Gasteiger charge is 2.70. The van der Waals surface area contributed by atoms with Gasteiger partial charge in [-0.2, -0.15) is 5.26 Å². The second-order valence-corrected chi connectivity index (χ2v) is 6.76. The average molecular weight is 269 g/mol. The number of benzene rings is 1. The number of halogens is 1. The van der Waals surface area contributed by atoms with Crippen molar-refractivity contribution in [3.8, 4) is 6.07 Å². The van der Waals surface area contributed by atoms with Crippen LogP contribution >= 0.6 is 0 Å². The number of hydrogen-bond acceptors (Lipinski definition) is 4. The van der Waals surface area contributed by atoms with E-state index in [1.54, 1.807) is 6.07 Å². The largest absolute Gasteiger partial charge is 0.395 e. The second kappa shape index (κ2) is 4.04. The molecule has 1 N–H and O–H groups in total. The lowest BCUT2D eigenvalue weighted by Gasteiger charge is -2.03. The van der Waals surface area contributed by atoms with E-state index in [1.807, 2.05) is 6.07 Å². The van der Waals surface area contributed by atoms with E-state index in [1.165, 1.54) is 18.2 Å². The fourth-order valence-electron chi connectivity index (χ4n) is 2.56. The van der Waals surface area contributed by atoms with Crippen molar-refractivity contribution in [2.45, 2.75) is 11.2 Å². The van der Waals surface area contributed by atoms with E-state index >= 15 is 0 Å². The molecular formula is C12H12FNO3S. The van der Waals surface area contributed by atoms with Crippen LogP contribution in [0.4, 0.5) is 4.39 Å². The zero-order chi connectivity index (χ0) is 13.6. The lowest BCUT2D eigenvalue weighted by Crippen LogP contribution is -2.16. The third-order valence-corrected chi connectivity index (χ3v) is 5.01. The van der Waals surface area contributed by atoms with Gasteiger partial charge in [0.1, 0.15) is 11.2 Å². The van der Waals surface area contributed by atoms with Crippen molar-refractivity contribution in [3.63, 3.8) is 0 Å². The molecule has 2 rings (SSSR count). The van der Waals surface area contributed by atoms with E-state index in [0.717, 1.165) is 6.26 Å². The predicted molar refractivity (Wildman–Crippen MR) is 62.9 cm³/mol. The van der Waals surface area contributed by atoms with Gasteiger partial charge in [0.15, 0.2) is 9.84 Å². The fraction of sp³-hybridized carbons (Fsp3) is 0.417. The maximum absolute atomic E-state index is 13.1. The molecule has 1 fully saturated rings. The predicted octanol–water partition coefficient (Wildman–Crippen LogP) is 0.838. The Morgan fingerprint density at radius 2 is 2.22 bits per heavy atom. The molecular weight excluding hydrogens is 257 g/mol. The maximum Gasteiger partial charge on any atom is 0.152 e. The summed E-state index contributed by atoms with van der Waals surface area (Å²) < 4.78 is 36.4. The minimum Gasteiger partial charge on any atom is -0.395 e. The quantitative estimate of drug-likeness (QED) is 0.882. The third-order valence-electron chi connectivity index (χ3n) is 3.40. The molecule has 0 bridgehead atoms. The Balaban J connectivity index is 2.49. The van der Waals surface area contributed by atoms with E-state index in [-0.39, 0.29) is 0 Å². The van der Waals surface area contributed by atoms with Gasteiger partial charge >= 0.3 is 0 Å². The normalized spacial score (nSPS) is 30.8. The van der Waals surface area contributed by atoms with Crippen LogP contribution in [0.15, 0.2) is 24.3 Å². The molecule has 0 aromatic heterocycles. The van der Waals surface area contributed by atoms with Crippen LogP contribution in [0, 0.1) is 22.6 Å². The second-order valence-electron chi connectivity index (χ2n) is 4.59. The van der Waals surface area contributed by atoms with Crippen molar-refractivity contribution < 1.29 is 17.9 Å². The molecule has 0 unspecified atom stereocenters. The van der Waals surface area contributed by atoms with E-state index in [0.29, 0.717) is 5.56 Å². The zero-order valence-corrected chi connectivity index (χ0v) is 10.5. The standard InChI is InChI=1S/C12H12FNO3S/c1-18(16,17)11-10(12(11,6-14)7-15)8-3-2-4-9(13)5-8/h2-5,10-11,15H,7H2,1H3/t10-,11-,12-/m1/s1. The molecule has 1 saturated carbocycles. The summed E-state index contributed by atoms with van der Waals surface area (Å²) in [5.74, 6) is -1.16. The van der Waals surface area contributed by atoms with Crippen LogP contribution in [0.3, 0.4) is 0 Å². The summed E-state index contributed by atoms with van der Waals surface area (Å²) in [4.78, 5) is 0. The highest BCUT2D eigenvalue weighted by molar-refractivity contribution is 7.91. The van der Waals surface area contributed by atoms with Crippen LogP contribution in [0.5, 0.6) is 0 Å². The van der Waals surface area contributed by atoms with Gasteiger partial charge in [-0.1, -0.05) is 12.1 Å². The summed E-state index contributed by atoms with van der Waals surface area (Å²) in [6, 6.07) is 7.36. The molecule has 0 spiro atoms. The summed E-state index contributed by atoms with van der Waals surface area (Å²) in [5.41, 5.74) is -0.914. The molecule has 0 heterocycles. The van der Waals surface area contributed by atoms with Gasteiger partial charge < -0.3 is 5.11 Å². The first kappa shape index (κ1) is 13.0. The first-order valence-electron chi connectivity index (χ1n) is 5.33. The Labute approximate surface area is 105 Å². The molecule has 0 saturated heterocycles. The number of rotatable bonds is 3. The van der Waals surface area contributed by atoms with Gasteiger partial charge in [0.05, 0.1) is 17.9 Å². The number of sulfone groups is 1. The van der Waals surface area contributed by atoms with Gasteiger partial charge in [-0.25, -0.2) is 12.8 Å². The molecule has 6 heteroatoms. The Kier molecular flexibility index (Phi) is 2.92. The molecule has 1 aromatic rings. The molecule has 1 aromatic carbocycles. The van der Waals surface area contributed by atoms with E-state index in [9.17, 15) is 17.9 Å². The number of nitrogens with zero attached hydrogens (tertiary/aromatic N) is 1. The summed E-state index contributed by atoms with van der Waals surface area (Å²) in [5, 5.41) is 17.5. The van der Waals surface area contributed by atoms with Gasteiger partial charge in [-0.15, -0.1) is 0 Å². The summed E-state index contributed by atoms with van der Waals surface area (Å²) in [6.45, 7) is -0.553. The van der Waals surface area contributed by atoms with Crippen LogP contribution in [0.25, 0.3) is 0 Å². The minimum atomic E-state index is -3.48. The fourth-order valence-corrected chi connectivity index (χ4v) is 4.42. The molecule has 1 aliphatic carbocycles. The Hall–Kier alpha value is -1.45. The smallest absolute Gasteiger partial charge is 0.152 e. The summed E-state index contributed by atoms with van der Waals surface area (Å²) >= 11 is 0. The zero-order valence-electron chi connectivity index (χ0n) is 9.67. The average Bonchev–Trinajstić information content (AvgIpc) is 2.98. The maximum atomic E-state index is 13.1. The van der Waals surface area contributed by atoms with Crippen LogP contribution in [-0.4, -0.2) is 31.6 Å². The minimum absolute atomic E-state index is 0.432. The van der Waals surface area contributed by atoms with E-state index in [2.05, 4.69) is 0 Å². The summed E-state index contributed by atoms with van der Waals surface area (Å²) in [6.07, 6.45) is 1.03. The van der Waals surface area contributed by atoms with E-state index < -0.39 is 38.8 Å². The Bertz CT molecular complexity index is 622. The molecule has 3 atom stereocenters. The first-order valence-corrected chi connectivity index (χ1v) is 7.28. The van der Waals surface area contributed by atoms with Crippen LogP contribution < -0.4 is 0 Å². The number of aliphatic hydroxyl groups is 1. The molecule has 0 radical (unpaired) electrons. The molecule has 96 valence electrons. The van der Waals surface area contributed by atoms with Gasteiger partial charge in [-0.3, -0.25) is 0 Å². The third kappa shape index (κ3) is 1.80. The van der Waals surface area contributed by atoms with Crippen molar-refractivity contribution in [2.75, 3.05) is 12.9 Å². The van der Waals surface area contributed by atoms with Crippen molar-refractivity contribution in [1.29, 1.82) is 5.26 Å². The highest BCUT2D eigenvalue weighted by Crippen LogP contribution is 2.62. The van der Waals surface area contributed by atoms with Gasteiger partial charge in [0.2, 0.25) is 0 Å². The molecule has 0 aliphatic heterocycles. The molecule has 1 aliphatic rings. The lowest BCUT2D eigenvalue weighted by molar-refractivity contribution is 0.242. The van der Waals surface area contributed by atoms with Crippen LogP contribution in [-0.2, 0) is 9.84 Å². The lowest BCUT2D eigenvalue weighted by atomic mass is 10.0. The number of nitriles is 1. The van der Waals surface area contributed by atoms with Crippen LogP contribution in [0.1, 0.15) is 11.5 Å². The van der Waals surface area contributed by atoms with Crippen molar-refractivity contribution in [1.82, 2.24) is 0 Å². The number of hydrogen-bond donors (Lipinski definition) is 1. The molecule has 18 heavy (non-hydrogen) atoms. The van der Waals surface area contributed by atoms with Gasteiger partial charge in [-0.05, 0) is 17.7 Å². The van der Waals surface area contributed by atoms with Crippen molar-refractivity contribution in [2.24, 2.45) is 5.41 Å². The Morgan fingerprint density at radius 3 is 2.61 bits per heavy atom. The van der Waals surface area contributed by atoms with Gasteiger partial charge in [0, 0.05) is 12.2 Å². The molecule has 0 amide bonds. The van der Waals surface area contributed by atoms with E-state index in [4.69, 9.17) is 5.26 Å². The van der Waals surface area contributed by atoms with Gasteiger partial charge in [0.25, 0.3) is 0 Å². The SMILES string of the molecule is CS(=O)(=O)[C@@H]1[C@@H](c2cccc(F)c2)[C@@]1(C#N)CO. The topological polar surface area (TPSA) is 78.2 Å². The van der Waals surface area contributed by atoms with Crippen molar-refractivity contribution >= 4 is 9.84 Å². The van der Waals surface area contributed by atoms with Crippen LogP contribution in [0.2, 0.25) is 0 Å².